The third-order valence-electron chi connectivity index (χ3n) is 5.15. The van der Waals surface area contributed by atoms with Crippen LogP contribution in [-0.2, 0) is 16.1 Å². The predicted molar refractivity (Wildman–Crippen MR) is 112 cm³/mol. The van der Waals surface area contributed by atoms with E-state index in [1.165, 1.54) is 0 Å². The number of amides is 1. The number of carbonyl (C=O) groups excluding carboxylic acids is 1. The molecule has 1 aliphatic rings. The van der Waals surface area contributed by atoms with Crippen molar-refractivity contribution in [2.75, 3.05) is 48.0 Å². The molecule has 0 aromatic heterocycles. The van der Waals surface area contributed by atoms with E-state index in [1.54, 1.807) is 19.1 Å². The van der Waals surface area contributed by atoms with Gasteiger partial charge in [-0.05, 0) is 30.5 Å². The fourth-order valence-corrected chi connectivity index (χ4v) is 3.64. The molecule has 7 heteroatoms. The molecule has 156 valence electrons. The average Bonchev–Trinajstić information content (AvgIpc) is 3.18. The fourth-order valence-electron chi connectivity index (χ4n) is 3.64. The molecule has 0 unspecified atom stereocenters. The van der Waals surface area contributed by atoms with Gasteiger partial charge in [0.1, 0.15) is 12.4 Å². The van der Waals surface area contributed by atoms with Crippen LogP contribution in [0.2, 0.25) is 0 Å². The monoisotopic (exact) mass is 390 g/mol. The molecule has 0 heterocycles. The number of guanidine groups is 1. The maximum Gasteiger partial charge on any atom is 0.230 e. The van der Waals surface area contributed by atoms with Crippen LogP contribution in [-0.4, -0.2) is 64.8 Å². The summed E-state index contributed by atoms with van der Waals surface area (Å²) in [6.45, 7) is 2.31. The summed E-state index contributed by atoms with van der Waals surface area (Å²) >= 11 is 0. The van der Waals surface area contributed by atoms with Gasteiger partial charge in [-0.2, -0.15) is 0 Å². The van der Waals surface area contributed by atoms with E-state index in [0.29, 0.717) is 32.3 Å². The molecule has 0 radical (unpaired) electrons. The van der Waals surface area contributed by atoms with Gasteiger partial charge in [0.25, 0.3) is 0 Å². The normalized spacial score (nSPS) is 15.9. The van der Waals surface area contributed by atoms with E-state index in [9.17, 15) is 4.79 Å². The Labute approximate surface area is 168 Å². The van der Waals surface area contributed by atoms with E-state index in [1.807, 2.05) is 38.4 Å². The van der Waals surface area contributed by atoms with Gasteiger partial charge in [0, 0.05) is 41.3 Å². The number of nitrogens with one attached hydrogen (secondary N) is 2. The van der Waals surface area contributed by atoms with Crippen molar-refractivity contribution in [2.24, 2.45) is 10.4 Å². The van der Waals surface area contributed by atoms with Crippen molar-refractivity contribution >= 4 is 11.9 Å². The summed E-state index contributed by atoms with van der Waals surface area (Å²) in [7, 11) is 7.06. The van der Waals surface area contributed by atoms with Crippen LogP contribution in [0, 0.1) is 5.41 Å². The van der Waals surface area contributed by atoms with Crippen LogP contribution >= 0.6 is 0 Å². The number of carbonyl (C=O) groups is 1. The van der Waals surface area contributed by atoms with Crippen molar-refractivity contribution in [1.29, 1.82) is 0 Å². The smallest absolute Gasteiger partial charge is 0.230 e. The molecule has 1 aromatic rings. The fraction of sp³-hybridized carbons (Fsp3) is 0.619. The van der Waals surface area contributed by atoms with E-state index in [0.717, 1.165) is 37.0 Å². The lowest BCUT2D eigenvalue weighted by molar-refractivity contribution is -0.138. The molecule has 0 bridgehead atoms. The summed E-state index contributed by atoms with van der Waals surface area (Å²) in [5.41, 5.74) is 0.772. The predicted octanol–water partition coefficient (Wildman–Crippen LogP) is 2.03. The van der Waals surface area contributed by atoms with Crippen LogP contribution in [0.5, 0.6) is 5.75 Å². The summed E-state index contributed by atoms with van der Waals surface area (Å²) in [5.74, 6) is 1.72. The second-order valence-electron chi connectivity index (χ2n) is 7.46. The number of methoxy groups -OCH3 is 1. The topological polar surface area (TPSA) is 75.2 Å². The Balaban J connectivity index is 1.89. The molecule has 1 aliphatic carbocycles. The van der Waals surface area contributed by atoms with Gasteiger partial charge < -0.3 is 25.0 Å². The minimum absolute atomic E-state index is 0.203. The molecule has 0 saturated heterocycles. The first kappa shape index (κ1) is 22.0. The van der Waals surface area contributed by atoms with Crippen molar-refractivity contribution in [3.8, 4) is 5.75 Å². The highest BCUT2D eigenvalue weighted by Crippen LogP contribution is 2.38. The van der Waals surface area contributed by atoms with Crippen molar-refractivity contribution in [2.45, 2.75) is 32.2 Å². The van der Waals surface area contributed by atoms with E-state index in [4.69, 9.17) is 9.47 Å². The van der Waals surface area contributed by atoms with Gasteiger partial charge in [0.15, 0.2) is 5.96 Å². The van der Waals surface area contributed by atoms with Crippen LogP contribution in [0.25, 0.3) is 0 Å². The Morgan fingerprint density at radius 2 is 1.96 bits per heavy atom. The van der Waals surface area contributed by atoms with Gasteiger partial charge >= 0.3 is 0 Å². The Hall–Kier alpha value is -2.28. The van der Waals surface area contributed by atoms with E-state index >= 15 is 0 Å². The van der Waals surface area contributed by atoms with Gasteiger partial charge in [0.2, 0.25) is 5.91 Å². The number of rotatable bonds is 9. The summed E-state index contributed by atoms with van der Waals surface area (Å²) in [4.78, 5) is 18.7. The molecule has 1 fully saturated rings. The lowest BCUT2D eigenvalue weighted by Crippen LogP contribution is -2.49. The Kier molecular flexibility index (Phi) is 8.57. The second-order valence-corrected chi connectivity index (χ2v) is 7.46. The van der Waals surface area contributed by atoms with Gasteiger partial charge in [0.05, 0.1) is 12.0 Å². The Morgan fingerprint density at radius 3 is 2.61 bits per heavy atom. The largest absolute Gasteiger partial charge is 0.491 e. The maximum atomic E-state index is 12.7. The molecule has 7 nitrogen and oxygen atoms in total. The minimum atomic E-state index is -0.323. The standard InChI is InChI=1S/C21H34N4O3/c1-22-20(24-16-21(10-5-6-11-21)19(26)25(2)3)23-15-17-8-7-9-18(14-17)28-13-12-27-4/h7-9,14H,5-6,10-13,15-16H2,1-4H3,(H2,22,23,24). The zero-order valence-corrected chi connectivity index (χ0v) is 17.6. The molecule has 1 amide bonds. The van der Waals surface area contributed by atoms with E-state index in [-0.39, 0.29) is 11.3 Å². The van der Waals surface area contributed by atoms with Crippen LogP contribution in [0.4, 0.5) is 0 Å². The van der Waals surface area contributed by atoms with Crippen molar-refractivity contribution in [1.82, 2.24) is 15.5 Å². The summed E-state index contributed by atoms with van der Waals surface area (Å²) in [6, 6.07) is 7.95. The van der Waals surface area contributed by atoms with E-state index in [2.05, 4.69) is 15.6 Å². The quantitative estimate of drug-likeness (QED) is 0.383. The lowest BCUT2D eigenvalue weighted by Gasteiger charge is -2.31. The van der Waals surface area contributed by atoms with E-state index < -0.39 is 0 Å². The van der Waals surface area contributed by atoms with Crippen molar-refractivity contribution in [3.05, 3.63) is 29.8 Å². The highest BCUT2D eigenvalue weighted by molar-refractivity contribution is 5.85. The molecular weight excluding hydrogens is 356 g/mol. The lowest BCUT2D eigenvalue weighted by atomic mass is 9.84. The maximum absolute atomic E-state index is 12.7. The summed E-state index contributed by atoms with van der Waals surface area (Å²) in [6.07, 6.45) is 4.05. The zero-order chi connectivity index (χ0) is 20.4. The number of nitrogens with zero attached hydrogens (tertiary/aromatic N) is 2. The molecule has 28 heavy (non-hydrogen) atoms. The first-order valence-corrected chi connectivity index (χ1v) is 9.88. The highest BCUT2D eigenvalue weighted by Gasteiger charge is 2.42. The number of benzene rings is 1. The molecule has 1 saturated carbocycles. The third-order valence-corrected chi connectivity index (χ3v) is 5.15. The number of ether oxygens (including phenoxy) is 2. The van der Waals surface area contributed by atoms with Crippen LogP contribution in [0.15, 0.2) is 29.3 Å². The van der Waals surface area contributed by atoms with Crippen LogP contribution in [0.3, 0.4) is 0 Å². The minimum Gasteiger partial charge on any atom is -0.491 e. The molecule has 2 N–H and O–H groups in total. The second kappa shape index (κ2) is 10.9. The first-order valence-electron chi connectivity index (χ1n) is 9.88. The number of aliphatic imine (C=N–C) groups is 1. The number of hydrogen-bond acceptors (Lipinski definition) is 4. The molecule has 0 aliphatic heterocycles. The molecule has 2 rings (SSSR count). The first-order chi connectivity index (χ1) is 13.5. The third kappa shape index (κ3) is 6.12. The summed E-state index contributed by atoms with van der Waals surface area (Å²) in [5, 5.41) is 6.68. The van der Waals surface area contributed by atoms with Crippen LogP contribution < -0.4 is 15.4 Å². The highest BCUT2D eigenvalue weighted by atomic mass is 16.5. The number of hydrogen-bond donors (Lipinski definition) is 2. The Bertz CT molecular complexity index is 655. The summed E-state index contributed by atoms with van der Waals surface area (Å²) < 4.78 is 10.7. The molecule has 0 spiro atoms. The van der Waals surface area contributed by atoms with Crippen LogP contribution in [0.1, 0.15) is 31.2 Å². The SMILES string of the molecule is CN=C(NCc1cccc(OCCOC)c1)NCC1(C(=O)N(C)C)CCCC1. The molecule has 0 atom stereocenters. The van der Waals surface area contributed by atoms with Gasteiger partial charge in [-0.15, -0.1) is 0 Å². The average molecular weight is 391 g/mol. The molecule has 1 aromatic carbocycles. The van der Waals surface area contributed by atoms with Crippen molar-refractivity contribution < 1.29 is 14.3 Å². The van der Waals surface area contributed by atoms with Crippen molar-refractivity contribution in [3.63, 3.8) is 0 Å². The van der Waals surface area contributed by atoms with Gasteiger partial charge in [-0.3, -0.25) is 9.79 Å². The zero-order valence-electron chi connectivity index (χ0n) is 17.6. The van der Waals surface area contributed by atoms with Gasteiger partial charge in [-0.1, -0.05) is 25.0 Å². The Morgan fingerprint density at radius 1 is 1.21 bits per heavy atom. The molecular formula is C21H34N4O3. The van der Waals surface area contributed by atoms with Gasteiger partial charge in [-0.25, -0.2) is 0 Å².